The number of carbonyl (C=O) groups excluding carboxylic acids is 4. The lowest BCUT2D eigenvalue weighted by atomic mass is 9.57. The minimum absolute atomic E-state index is 0.0135. The number of anilines is 1. The molecule has 0 unspecified atom stereocenters. The zero-order valence-electron chi connectivity index (χ0n) is 20.2. The van der Waals surface area contributed by atoms with Gasteiger partial charge in [0.1, 0.15) is 28.5 Å². The highest BCUT2D eigenvalue weighted by atomic mass is 16.6. The molecular weight excluding hydrogens is 502 g/mol. The zero-order valence-corrected chi connectivity index (χ0v) is 20.2. The predicted octanol–water partition coefficient (Wildman–Crippen LogP) is -0.680. The fourth-order valence-electron chi connectivity index (χ4n) is 5.83. The Morgan fingerprint density at radius 3 is 2.55 bits per heavy atom. The van der Waals surface area contributed by atoms with Gasteiger partial charge in [0.2, 0.25) is 5.78 Å². The average molecular weight is 526 g/mol. The number of ketones is 2. The number of aliphatic hydroxyl groups is 3. The van der Waals surface area contributed by atoms with Crippen molar-refractivity contribution >= 4 is 35.0 Å². The fraction of sp³-hybridized carbons (Fsp3) is 0.333. The number of phenols is 1. The number of hydrogen-bond donors (Lipinski definition) is 6. The number of nitrogens with one attached hydrogen (secondary N) is 1. The van der Waals surface area contributed by atoms with E-state index in [4.69, 9.17) is 10.4 Å². The van der Waals surface area contributed by atoms with Crippen molar-refractivity contribution < 1.29 is 49.0 Å². The first-order valence-electron chi connectivity index (χ1n) is 11.5. The Balaban J connectivity index is 1.66. The monoisotopic (exact) mass is 526 g/mol. The number of hydrogen-bond acceptors (Lipinski definition) is 11. The second-order valence-corrected chi connectivity index (χ2v) is 9.69. The van der Waals surface area contributed by atoms with Gasteiger partial charge in [-0.05, 0) is 49.7 Å². The third-order valence-electron chi connectivity index (χ3n) is 7.44. The van der Waals surface area contributed by atoms with Crippen LogP contribution in [0.2, 0.25) is 0 Å². The molecule has 4 atom stereocenters. The lowest BCUT2D eigenvalue weighted by Crippen LogP contribution is -2.65. The largest absolute Gasteiger partial charge is 0.508 e. The molecule has 5 rings (SSSR count). The molecule has 1 aromatic carbocycles. The van der Waals surface area contributed by atoms with E-state index >= 15 is 0 Å². The van der Waals surface area contributed by atoms with Gasteiger partial charge in [0.15, 0.2) is 23.8 Å². The van der Waals surface area contributed by atoms with Gasteiger partial charge in [-0.2, -0.15) is 0 Å². The summed E-state index contributed by atoms with van der Waals surface area (Å²) in [5.74, 6) is -7.50. The minimum Gasteiger partial charge on any atom is -0.508 e. The molecule has 1 aromatic heterocycles. The number of amides is 2. The molecule has 3 aliphatic carbocycles. The summed E-state index contributed by atoms with van der Waals surface area (Å²) in [5.41, 5.74) is 1.75. The molecule has 198 valence electrons. The maximum absolute atomic E-state index is 13.8. The Kier molecular flexibility index (Phi) is 5.61. The van der Waals surface area contributed by atoms with Gasteiger partial charge in [-0.15, -0.1) is 4.63 Å². The van der Waals surface area contributed by atoms with Gasteiger partial charge in [-0.3, -0.25) is 19.3 Å². The van der Waals surface area contributed by atoms with Crippen LogP contribution in [0.1, 0.15) is 17.5 Å². The van der Waals surface area contributed by atoms with Crippen LogP contribution in [0.25, 0.3) is 5.76 Å². The summed E-state index contributed by atoms with van der Waals surface area (Å²) in [4.78, 5) is 52.9. The first kappa shape index (κ1) is 25.1. The number of primary amides is 1. The first-order valence-corrected chi connectivity index (χ1v) is 11.5. The van der Waals surface area contributed by atoms with Crippen LogP contribution in [0.5, 0.6) is 5.75 Å². The molecule has 38 heavy (non-hydrogen) atoms. The lowest BCUT2D eigenvalue weighted by molar-refractivity contribution is -0.769. The summed E-state index contributed by atoms with van der Waals surface area (Å²) < 4.78 is 5.60. The number of aromatic hydroxyl groups is 1. The van der Waals surface area contributed by atoms with Gasteiger partial charge in [0, 0.05) is 17.1 Å². The van der Waals surface area contributed by atoms with Gasteiger partial charge in [0.05, 0.1) is 16.8 Å². The van der Waals surface area contributed by atoms with E-state index in [0.29, 0.717) is 5.56 Å². The van der Waals surface area contributed by atoms with Gasteiger partial charge in [-0.1, -0.05) is 0 Å². The van der Waals surface area contributed by atoms with E-state index in [1.807, 2.05) is 0 Å². The summed E-state index contributed by atoms with van der Waals surface area (Å²) in [5, 5.41) is 50.3. The van der Waals surface area contributed by atoms with Crippen molar-refractivity contribution in [2.45, 2.75) is 24.5 Å². The Bertz CT molecular complexity index is 1480. The number of nitrogens with two attached hydrogens (primary N) is 1. The molecule has 2 amide bonds. The molecule has 3 aliphatic rings. The number of aliphatic hydroxyl groups excluding tert-OH is 2. The number of nitrogens with zero attached hydrogens (tertiary/aromatic N) is 3. The minimum atomic E-state index is -2.73. The third kappa shape index (κ3) is 3.34. The molecule has 0 radical (unpaired) electrons. The first-order chi connectivity index (χ1) is 17.9. The molecule has 14 nitrogen and oxygen atoms in total. The summed E-state index contributed by atoms with van der Waals surface area (Å²) in [6.07, 6.45) is 2.45. The second-order valence-electron chi connectivity index (χ2n) is 9.69. The Morgan fingerprint density at radius 2 is 1.95 bits per heavy atom. The molecular formula is C24H24N5O9+. The molecule has 2 aromatic rings. The Morgan fingerprint density at radius 1 is 1.24 bits per heavy atom. The Hall–Kier alpha value is -4.56. The average Bonchev–Trinajstić information content (AvgIpc) is 3.38. The van der Waals surface area contributed by atoms with Crippen LogP contribution >= 0.6 is 0 Å². The summed E-state index contributed by atoms with van der Waals surface area (Å²) in [6, 6.07) is 0.686. The van der Waals surface area contributed by atoms with E-state index in [-0.39, 0.29) is 29.7 Å². The van der Waals surface area contributed by atoms with E-state index in [2.05, 4.69) is 10.5 Å². The van der Waals surface area contributed by atoms with Gasteiger partial charge in [0.25, 0.3) is 5.91 Å². The van der Waals surface area contributed by atoms with Crippen LogP contribution < -0.4 is 15.8 Å². The number of benzene rings is 1. The molecule has 7 N–H and O–H groups in total. The van der Waals surface area contributed by atoms with E-state index in [0.717, 1.165) is 4.74 Å². The lowest BCUT2D eigenvalue weighted by Gasteiger charge is -2.50. The summed E-state index contributed by atoms with van der Waals surface area (Å²) >= 11 is 0. The molecule has 1 fully saturated rings. The third-order valence-corrected chi connectivity index (χ3v) is 7.44. The SMILES string of the molecule is CN(C)[C@@H]1C(=O)C(C(N)=O)=C(O)[C@@]2(O)C(=O)C3=C(O)c4c(O)ccc(NC(=O)[n+]5ccno5)c4C[C@H]3C[C@@H]12. The van der Waals surface area contributed by atoms with Crippen molar-refractivity contribution in [1.29, 1.82) is 0 Å². The highest BCUT2D eigenvalue weighted by Crippen LogP contribution is 2.53. The number of likely N-dealkylation sites (N-methyl/N-ethyl adjacent to an activating group) is 1. The van der Waals surface area contributed by atoms with Crippen molar-refractivity contribution in [3.63, 3.8) is 0 Å². The van der Waals surface area contributed by atoms with Gasteiger partial charge < -0.3 is 26.2 Å². The number of carbonyl (C=O) groups is 4. The smallest absolute Gasteiger partial charge is 0.478 e. The molecule has 1 saturated carbocycles. The van der Waals surface area contributed by atoms with Crippen LogP contribution in [0, 0.1) is 11.8 Å². The molecule has 14 heteroatoms. The van der Waals surface area contributed by atoms with Crippen LogP contribution in [-0.4, -0.2) is 79.7 Å². The number of fused-ring (bicyclic) bond motifs is 3. The number of rotatable bonds is 3. The number of Topliss-reactive ketones (excluding diaryl/α,β-unsaturated/α-hetero) is 2. The van der Waals surface area contributed by atoms with Gasteiger partial charge in [-0.25, -0.2) is 10.1 Å². The maximum atomic E-state index is 13.8. The normalized spacial score (nSPS) is 26.7. The van der Waals surface area contributed by atoms with Crippen LogP contribution in [0.4, 0.5) is 10.5 Å². The fourth-order valence-corrected chi connectivity index (χ4v) is 5.83. The molecule has 0 bridgehead atoms. The van der Waals surface area contributed by atoms with Crippen molar-refractivity contribution in [1.82, 2.24) is 10.1 Å². The molecule has 0 aliphatic heterocycles. The molecule has 0 saturated heterocycles. The molecule has 0 spiro atoms. The Labute approximate surface area is 214 Å². The molecule has 1 heterocycles. The van der Waals surface area contributed by atoms with Crippen LogP contribution in [-0.2, 0) is 20.8 Å². The summed E-state index contributed by atoms with van der Waals surface area (Å²) in [7, 11) is 3.03. The van der Waals surface area contributed by atoms with Crippen molar-refractivity contribution in [3.05, 3.63) is 52.6 Å². The highest BCUT2D eigenvalue weighted by Gasteiger charge is 2.64. The quantitative estimate of drug-likeness (QED) is 0.167. The maximum Gasteiger partial charge on any atom is 0.478 e. The van der Waals surface area contributed by atoms with Crippen molar-refractivity contribution in [2.75, 3.05) is 19.4 Å². The zero-order chi connectivity index (χ0) is 27.7. The number of phenolic OH excluding ortho intramolecular Hbond substituents is 1. The highest BCUT2D eigenvalue weighted by molar-refractivity contribution is 6.24. The van der Waals surface area contributed by atoms with Crippen LogP contribution in [0.3, 0.4) is 0 Å². The second kappa shape index (κ2) is 8.49. The standard InChI is InChI=1S/C24H23N5O9/c1-28(2)17-11-8-9-7-10-12(27-23(36)29-6-5-26-38-29)3-4-13(30)15(10)18(31)14(9)20(33)24(11,37)21(34)16(19(17)32)22(25)35/h3-6,9,11,17,26,37H,7-8H2,1-2H3,(H4,25,31,32,33,34,35)/p+1/t9-,11-,17-,24-/m0/s1. The van der Waals surface area contributed by atoms with E-state index in [1.165, 1.54) is 43.5 Å². The van der Waals surface area contributed by atoms with Crippen molar-refractivity contribution in [2.24, 2.45) is 17.6 Å². The van der Waals surface area contributed by atoms with E-state index < -0.39 is 69.8 Å². The van der Waals surface area contributed by atoms with Crippen LogP contribution in [0.15, 0.2) is 46.1 Å². The topological polar surface area (TPSA) is 220 Å². The predicted molar refractivity (Wildman–Crippen MR) is 125 cm³/mol. The van der Waals surface area contributed by atoms with E-state index in [9.17, 15) is 39.6 Å². The van der Waals surface area contributed by atoms with Crippen molar-refractivity contribution in [3.8, 4) is 5.75 Å². The van der Waals surface area contributed by atoms with E-state index in [1.54, 1.807) is 0 Å². The summed E-state index contributed by atoms with van der Waals surface area (Å²) in [6.45, 7) is 0. The van der Waals surface area contributed by atoms with Gasteiger partial charge >= 0.3 is 6.03 Å². The number of aromatic nitrogens is 2.